The molecule has 1 aromatic heterocycles. The first-order chi connectivity index (χ1) is 8.63. The van der Waals surface area contributed by atoms with Crippen LogP contribution in [0.1, 0.15) is 0 Å². The van der Waals surface area contributed by atoms with Crippen molar-refractivity contribution >= 4 is 38.8 Å². The van der Waals surface area contributed by atoms with Crippen LogP contribution in [0.15, 0.2) is 36.4 Å². The maximum atomic E-state index is 9.43. The molecule has 0 aliphatic rings. The van der Waals surface area contributed by atoms with Crippen LogP contribution in [0.5, 0.6) is 5.75 Å². The Morgan fingerprint density at radius 2 is 2.00 bits per heavy atom. The van der Waals surface area contributed by atoms with Crippen molar-refractivity contribution in [3.8, 4) is 16.3 Å². The molecule has 18 heavy (non-hydrogen) atoms. The number of phenolic OH excluding ortho intramolecular Hbond substituents is 1. The summed E-state index contributed by atoms with van der Waals surface area (Å²) in [5.74, 6) is 0.244. The fraction of sp³-hybridized carbons (Fsp3) is 0. The van der Waals surface area contributed by atoms with Crippen molar-refractivity contribution in [2.45, 2.75) is 0 Å². The number of rotatable bonds is 1. The standard InChI is InChI=1S/C13H9ClN2OS/c14-9-5-7(1-3-10(9)15)13-16-11-4-2-8(17)6-12(11)18-13/h1-6,17H,15H2. The zero-order chi connectivity index (χ0) is 12.7. The van der Waals surface area contributed by atoms with E-state index in [-0.39, 0.29) is 5.75 Å². The van der Waals surface area contributed by atoms with E-state index < -0.39 is 0 Å². The SMILES string of the molecule is Nc1ccc(-c2nc3ccc(O)cc3s2)cc1Cl. The van der Waals surface area contributed by atoms with Gasteiger partial charge in [0.2, 0.25) is 0 Å². The summed E-state index contributed by atoms with van der Waals surface area (Å²) in [5, 5.41) is 10.8. The molecule has 0 fully saturated rings. The fourth-order valence-corrected chi connectivity index (χ4v) is 2.87. The van der Waals surface area contributed by atoms with Crippen LogP contribution in [-0.4, -0.2) is 10.1 Å². The normalized spacial score (nSPS) is 10.9. The van der Waals surface area contributed by atoms with Gasteiger partial charge in [0.05, 0.1) is 20.9 Å². The number of fused-ring (bicyclic) bond motifs is 1. The molecule has 0 bridgehead atoms. The molecule has 0 aliphatic heterocycles. The van der Waals surface area contributed by atoms with E-state index in [1.165, 1.54) is 11.3 Å². The smallest absolute Gasteiger partial charge is 0.124 e. The van der Waals surface area contributed by atoms with Gasteiger partial charge in [-0.25, -0.2) is 4.98 Å². The molecule has 3 nitrogen and oxygen atoms in total. The minimum Gasteiger partial charge on any atom is -0.508 e. The molecule has 0 saturated carbocycles. The van der Waals surface area contributed by atoms with E-state index in [2.05, 4.69) is 4.98 Å². The van der Waals surface area contributed by atoms with Crippen LogP contribution in [-0.2, 0) is 0 Å². The predicted octanol–water partition coefficient (Wildman–Crippen LogP) is 3.90. The van der Waals surface area contributed by atoms with Gasteiger partial charge in [-0.3, -0.25) is 0 Å². The number of anilines is 1. The molecule has 3 aromatic rings. The molecule has 3 rings (SSSR count). The number of aromatic nitrogens is 1. The van der Waals surface area contributed by atoms with Gasteiger partial charge < -0.3 is 10.8 Å². The highest BCUT2D eigenvalue weighted by Gasteiger charge is 2.08. The zero-order valence-corrected chi connectivity index (χ0v) is 10.8. The van der Waals surface area contributed by atoms with Crippen molar-refractivity contribution in [1.82, 2.24) is 4.98 Å². The van der Waals surface area contributed by atoms with Crippen molar-refractivity contribution in [3.63, 3.8) is 0 Å². The van der Waals surface area contributed by atoms with Crippen molar-refractivity contribution in [2.75, 3.05) is 5.73 Å². The zero-order valence-electron chi connectivity index (χ0n) is 9.22. The highest BCUT2D eigenvalue weighted by molar-refractivity contribution is 7.21. The Hall–Kier alpha value is -1.78. The van der Waals surface area contributed by atoms with E-state index in [1.54, 1.807) is 30.3 Å². The van der Waals surface area contributed by atoms with E-state index >= 15 is 0 Å². The van der Waals surface area contributed by atoms with Crippen LogP contribution in [0.25, 0.3) is 20.8 Å². The number of nitrogens with zero attached hydrogens (tertiary/aromatic N) is 1. The van der Waals surface area contributed by atoms with E-state index in [0.29, 0.717) is 10.7 Å². The van der Waals surface area contributed by atoms with E-state index in [0.717, 1.165) is 20.8 Å². The second-order valence-electron chi connectivity index (χ2n) is 3.91. The number of hydrogen-bond acceptors (Lipinski definition) is 4. The van der Waals surface area contributed by atoms with Gasteiger partial charge in [0.25, 0.3) is 0 Å². The highest BCUT2D eigenvalue weighted by Crippen LogP contribution is 2.34. The summed E-state index contributed by atoms with van der Waals surface area (Å²) < 4.78 is 0.943. The lowest BCUT2D eigenvalue weighted by Gasteiger charge is -1.99. The molecule has 0 unspecified atom stereocenters. The van der Waals surface area contributed by atoms with E-state index in [9.17, 15) is 5.11 Å². The maximum Gasteiger partial charge on any atom is 0.124 e. The third kappa shape index (κ3) is 1.89. The number of nitrogens with two attached hydrogens (primary N) is 1. The number of nitrogen functional groups attached to an aromatic ring is 1. The molecule has 0 radical (unpaired) electrons. The maximum absolute atomic E-state index is 9.43. The molecule has 0 atom stereocenters. The lowest BCUT2D eigenvalue weighted by Crippen LogP contribution is -1.86. The summed E-state index contributed by atoms with van der Waals surface area (Å²) in [6, 6.07) is 10.6. The third-order valence-corrected chi connectivity index (χ3v) is 4.01. The number of benzene rings is 2. The van der Waals surface area contributed by atoms with Gasteiger partial charge >= 0.3 is 0 Å². The minimum absolute atomic E-state index is 0.244. The molecule has 3 N–H and O–H groups in total. The molecule has 0 saturated heterocycles. The van der Waals surface area contributed by atoms with Crippen molar-refractivity contribution < 1.29 is 5.11 Å². The van der Waals surface area contributed by atoms with E-state index in [1.807, 2.05) is 6.07 Å². The number of aromatic hydroxyl groups is 1. The first kappa shape index (κ1) is 11.3. The molecule has 0 spiro atoms. The summed E-state index contributed by atoms with van der Waals surface area (Å²) in [6.45, 7) is 0. The molecule has 0 aliphatic carbocycles. The average molecular weight is 277 g/mol. The molecular weight excluding hydrogens is 268 g/mol. The Bertz CT molecular complexity index is 739. The summed E-state index contributed by atoms with van der Waals surface area (Å²) in [7, 11) is 0. The molecule has 1 heterocycles. The fourth-order valence-electron chi connectivity index (χ4n) is 1.70. The number of thiazole rings is 1. The van der Waals surface area contributed by atoms with Gasteiger partial charge in [-0.2, -0.15) is 0 Å². The first-order valence-electron chi connectivity index (χ1n) is 5.28. The number of hydrogen-bond donors (Lipinski definition) is 2. The van der Waals surface area contributed by atoms with Gasteiger partial charge in [-0.15, -0.1) is 11.3 Å². The van der Waals surface area contributed by atoms with Crippen LogP contribution < -0.4 is 5.73 Å². The monoisotopic (exact) mass is 276 g/mol. The quantitative estimate of drug-likeness (QED) is 0.663. The summed E-state index contributed by atoms with van der Waals surface area (Å²) in [4.78, 5) is 4.50. The largest absolute Gasteiger partial charge is 0.508 e. The second kappa shape index (κ2) is 4.15. The molecule has 0 amide bonds. The number of halogens is 1. The first-order valence-corrected chi connectivity index (χ1v) is 6.48. The van der Waals surface area contributed by atoms with Gasteiger partial charge in [0.15, 0.2) is 0 Å². The van der Waals surface area contributed by atoms with Crippen molar-refractivity contribution in [2.24, 2.45) is 0 Å². The highest BCUT2D eigenvalue weighted by atomic mass is 35.5. The Labute approximate surface area is 112 Å². The minimum atomic E-state index is 0.244. The van der Waals surface area contributed by atoms with Gasteiger partial charge in [0.1, 0.15) is 10.8 Å². The van der Waals surface area contributed by atoms with Crippen LogP contribution in [0.3, 0.4) is 0 Å². The molecule has 90 valence electrons. The summed E-state index contributed by atoms with van der Waals surface area (Å²) in [5.41, 5.74) is 8.02. The Kier molecular flexibility index (Phi) is 2.61. The molecular formula is C13H9ClN2OS. The topological polar surface area (TPSA) is 59.1 Å². The third-order valence-electron chi connectivity index (χ3n) is 2.62. The van der Waals surface area contributed by atoms with Gasteiger partial charge in [-0.05, 0) is 36.4 Å². The molecule has 5 heteroatoms. The van der Waals surface area contributed by atoms with Crippen LogP contribution in [0.2, 0.25) is 5.02 Å². The molecule has 2 aromatic carbocycles. The Balaban J connectivity index is 2.16. The van der Waals surface area contributed by atoms with Crippen LogP contribution in [0.4, 0.5) is 5.69 Å². The van der Waals surface area contributed by atoms with Crippen molar-refractivity contribution in [3.05, 3.63) is 41.4 Å². The lowest BCUT2D eigenvalue weighted by molar-refractivity contribution is 0.476. The number of phenols is 1. The predicted molar refractivity (Wildman–Crippen MR) is 76.1 cm³/mol. The van der Waals surface area contributed by atoms with Gasteiger partial charge in [-0.1, -0.05) is 11.6 Å². The van der Waals surface area contributed by atoms with Gasteiger partial charge in [0, 0.05) is 5.56 Å². The Morgan fingerprint density at radius 1 is 1.17 bits per heavy atom. The van der Waals surface area contributed by atoms with Crippen LogP contribution >= 0.6 is 22.9 Å². The second-order valence-corrected chi connectivity index (χ2v) is 5.35. The summed E-state index contributed by atoms with van der Waals surface area (Å²) in [6.07, 6.45) is 0. The van der Waals surface area contributed by atoms with Crippen molar-refractivity contribution in [1.29, 1.82) is 0 Å². The average Bonchev–Trinajstić information content (AvgIpc) is 2.75. The lowest BCUT2D eigenvalue weighted by atomic mass is 10.2. The summed E-state index contributed by atoms with van der Waals surface area (Å²) >= 11 is 7.51. The van der Waals surface area contributed by atoms with Crippen LogP contribution in [0, 0.1) is 0 Å². The Morgan fingerprint density at radius 3 is 2.78 bits per heavy atom. The van der Waals surface area contributed by atoms with E-state index in [4.69, 9.17) is 17.3 Å².